The number of nitrogens with one attached hydrogen (secondary N) is 1. The lowest BCUT2D eigenvalue weighted by atomic mass is 9.99. The maximum absolute atomic E-state index is 12.6. The van der Waals surface area contributed by atoms with E-state index in [-0.39, 0.29) is 5.91 Å². The van der Waals surface area contributed by atoms with Crippen molar-refractivity contribution in [2.75, 3.05) is 25.5 Å². The van der Waals surface area contributed by atoms with E-state index >= 15 is 0 Å². The molecule has 3 aromatic rings. The van der Waals surface area contributed by atoms with Crippen molar-refractivity contribution in [3.8, 4) is 5.75 Å². The number of methoxy groups -OCH3 is 1. The van der Waals surface area contributed by atoms with Crippen molar-refractivity contribution >= 4 is 22.6 Å². The van der Waals surface area contributed by atoms with E-state index in [4.69, 9.17) is 9.72 Å². The first-order valence-electron chi connectivity index (χ1n) is 11.1. The number of hydrogen-bond donors (Lipinski definition) is 1. The van der Waals surface area contributed by atoms with Gasteiger partial charge in [-0.1, -0.05) is 6.92 Å². The number of imidazole rings is 1. The van der Waals surface area contributed by atoms with Crippen LogP contribution in [0.5, 0.6) is 5.75 Å². The zero-order valence-electron chi connectivity index (χ0n) is 18.9. The highest BCUT2D eigenvalue weighted by Crippen LogP contribution is 2.26. The number of benzene rings is 2. The molecule has 0 atom stereocenters. The highest BCUT2D eigenvalue weighted by molar-refractivity contribution is 6.05. The number of hydrogen-bond acceptors (Lipinski definition) is 4. The van der Waals surface area contributed by atoms with Crippen LogP contribution in [0.3, 0.4) is 0 Å². The molecule has 0 aliphatic carbocycles. The normalized spacial score (nSPS) is 15.5. The number of fused-ring (bicyclic) bond motifs is 1. The number of amides is 1. The van der Waals surface area contributed by atoms with Gasteiger partial charge in [0.15, 0.2) is 0 Å². The Balaban J connectivity index is 1.55. The average Bonchev–Trinajstić information content (AvgIpc) is 3.12. The summed E-state index contributed by atoms with van der Waals surface area (Å²) < 4.78 is 7.48. The minimum absolute atomic E-state index is 0.145. The van der Waals surface area contributed by atoms with Gasteiger partial charge >= 0.3 is 0 Å². The third kappa shape index (κ3) is 4.74. The number of ether oxygens (including phenoxy) is 1. The molecule has 0 spiro atoms. The molecule has 0 radical (unpaired) electrons. The molecule has 6 nitrogen and oxygen atoms in total. The van der Waals surface area contributed by atoms with E-state index in [1.54, 1.807) is 31.4 Å². The summed E-state index contributed by atoms with van der Waals surface area (Å²) in [4.78, 5) is 20.1. The SMILES string of the molecule is COc1ccc(C(=O)Nc2ccc3c(c2)nc(CN2CCC(C)CC2)n3C(C)C)cc1. The summed E-state index contributed by atoms with van der Waals surface area (Å²) in [6.07, 6.45) is 2.51. The molecule has 1 fully saturated rings. The van der Waals surface area contributed by atoms with E-state index in [9.17, 15) is 4.79 Å². The van der Waals surface area contributed by atoms with Crippen molar-refractivity contribution in [1.82, 2.24) is 14.5 Å². The molecule has 31 heavy (non-hydrogen) atoms. The van der Waals surface area contributed by atoms with Gasteiger partial charge in [0.1, 0.15) is 11.6 Å². The topological polar surface area (TPSA) is 59.4 Å². The predicted octanol–water partition coefficient (Wildman–Crippen LogP) is 5.11. The van der Waals surface area contributed by atoms with Crippen molar-refractivity contribution in [3.05, 3.63) is 53.9 Å². The summed E-state index contributed by atoms with van der Waals surface area (Å²) >= 11 is 0. The first kappa shape index (κ1) is 21.4. The van der Waals surface area contributed by atoms with Crippen LogP contribution >= 0.6 is 0 Å². The molecular weight excluding hydrogens is 388 g/mol. The molecule has 2 aromatic carbocycles. The van der Waals surface area contributed by atoms with Crippen molar-refractivity contribution < 1.29 is 9.53 Å². The van der Waals surface area contributed by atoms with Crippen LogP contribution in [-0.4, -0.2) is 40.6 Å². The number of carbonyl (C=O) groups is 1. The highest BCUT2D eigenvalue weighted by Gasteiger charge is 2.20. The maximum Gasteiger partial charge on any atom is 0.255 e. The van der Waals surface area contributed by atoms with E-state index in [1.807, 2.05) is 12.1 Å². The Morgan fingerprint density at radius 2 is 1.87 bits per heavy atom. The minimum Gasteiger partial charge on any atom is -0.497 e. The Bertz CT molecular complexity index is 1050. The van der Waals surface area contributed by atoms with Gasteiger partial charge in [0.2, 0.25) is 0 Å². The summed E-state index contributed by atoms with van der Waals surface area (Å²) in [6.45, 7) is 9.86. The van der Waals surface area contributed by atoms with Gasteiger partial charge in [-0.05, 0) is 88.2 Å². The summed E-state index contributed by atoms with van der Waals surface area (Å²) in [7, 11) is 1.61. The Hall–Kier alpha value is -2.86. The van der Waals surface area contributed by atoms with Gasteiger partial charge in [0, 0.05) is 17.3 Å². The highest BCUT2D eigenvalue weighted by atomic mass is 16.5. The molecule has 0 bridgehead atoms. The van der Waals surface area contributed by atoms with E-state index in [0.717, 1.165) is 53.8 Å². The van der Waals surface area contributed by atoms with Crippen molar-refractivity contribution in [1.29, 1.82) is 0 Å². The van der Waals surface area contributed by atoms with Crippen molar-refractivity contribution in [2.45, 2.75) is 46.2 Å². The van der Waals surface area contributed by atoms with Crippen LogP contribution in [0.2, 0.25) is 0 Å². The molecule has 1 saturated heterocycles. The largest absolute Gasteiger partial charge is 0.497 e. The maximum atomic E-state index is 12.6. The van der Waals surface area contributed by atoms with E-state index in [2.05, 4.69) is 41.6 Å². The fourth-order valence-corrected chi connectivity index (χ4v) is 4.28. The molecule has 1 aromatic heterocycles. The number of aromatic nitrogens is 2. The number of nitrogens with zero attached hydrogens (tertiary/aromatic N) is 3. The van der Waals surface area contributed by atoms with Gasteiger partial charge in [-0.25, -0.2) is 4.98 Å². The zero-order chi connectivity index (χ0) is 22.0. The average molecular weight is 421 g/mol. The second kappa shape index (κ2) is 9.10. The molecule has 4 rings (SSSR count). The lowest BCUT2D eigenvalue weighted by molar-refractivity contribution is 0.102. The molecule has 0 saturated carbocycles. The smallest absolute Gasteiger partial charge is 0.255 e. The Labute approximate surface area is 184 Å². The molecule has 164 valence electrons. The molecule has 1 aliphatic heterocycles. The number of rotatable bonds is 6. The first-order valence-corrected chi connectivity index (χ1v) is 11.1. The molecule has 0 unspecified atom stereocenters. The summed E-state index contributed by atoms with van der Waals surface area (Å²) in [6, 6.07) is 13.4. The van der Waals surface area contributed by atoms with Crippen molar-refractivity contribution in [2.24, 2.45) is 5.92 Å². The van der Waals surface area contributed by atoms with Gasteiger partial charge in [-0.2, -0.15) is 0 Å². The van der Waals surface area contributed by atoms with Gasteiger partial charge in [0.05, 0.1) is 24.7 Å². The summed E-state index contributed by atoms with van der Waals surface area (Å²) in [5, 5.41) is 2.99. The van der Waals surface area contributed by atoms with Crippen LogP contribution < -0.4 is 10.1 Å². The first-order chi connectivity index (χ1) is 14.9. The van der Waals surface area contributed by atoms with Crippen LogP contribution in [0.25, 0.3) is 11.0 Å². The number of carbonyl (C=O) groups excluding carboxylic acids is 1. The lowest BCUT2D eigenvalue weighted by Crippen LogP contribution is -2.33. The summed E-state index contributed by atoms with van der Waals surface area (Å²) in [5.74, 6) is 2.50. The Morgan fingerprint density at radius 1 is 1.16 bits per heavy atom. The van der Waals surface area contributed by atoms with Crippen molar-refractivity contribution in [3.63, 3.8) is 0 Å². The third-order valence-corrected chi connectivity index (χ3v) is 6.13. The summed E-state index contributed by atoms with van der Waals surface area (Å²) in [5.41, 5.74) is 3.37. The molecule has 2 heterocycles. The fourth-order valence-electron chi connectivity index (χ4n) is 4.28. The molecule has 1 N–H and O–H groups in total. The second-order valence-corrected chi connectivity index (χ2v) is 8.84. The standard InChI is InChI=1S/C25H32N4O2/c1-17(2)29-23-10-7-20(26-25(30)19-5-8-21(31-4)9-6-19)15-22(23)27-24(29)16-28-13-11-18(3)12-14-28/h5-10,15,17-18H,11-14,16H2,1-4H3,(H,26,30). The fraction of sp³-hybridized carbons (Fsp3) is 0.440. The van der Waals surface area contributed by atoms with E-state index < -0.39 is 0 Å². The molecule has 1 aliphatic rings. The van der Waals surface area contributed by atoms with E-state index in [0.29, 0.717) is 11.6 Å². The third-order valence-electron chi connectivity index (χ3n) is 6.13. The van der Waals surface area contributed by atoms with Gasteiger partial charge in [0.25, 0.3) is 5.91 Å². The van der Waals surface area contributed by atoms with Crippen LogP contribution in [0, 0.1) is 5.92 Å². The minimum atomic E-state index is -0.145. The Morgan fingerprint density at radius 3 is 2.52 bits per heavy atom. The zero-order valence-corrected chi connectivity index (χ0v) is 18.9. The van der Waals surface area contributed by atoms with Crippen LogP contribution in [-0.2, 0) is 6.54 Å². The van der Waals surface area contributed by atoms with E-state index in [1.165, 1.54) is 12.8 Å². The molecule has 6 heteroatoms. The quantitative estimate of drug-likeness (QED) is 0.602. The van der Waals surface area contributed by atoms with Gasteiger partial charge in [-0.3, -0.25) is 9.69 Å². The van der Waals surface area contributed by atoms with Crippen LogP contribution in [0.4, 0.5) is 5.69 Å². The number of piperidine rings is 1. The molecule has 1 amide bonds. The molecular formula is C25H32N4O2. The van der Waals surface area contributed by atoms with Crippen LogP contribution in [0.1, 0.15) is 55.8 Å². The second-order valence-electron chi connectivity index (χ2n) is 8.84. The lowest BCUT2D eigenvalue weighted by Gasteiger charge is -2.30. The monoisotopic (exact) mass is 420 g/mol. The number of likely N-dealkylation sites (tertiary alicyclic amines) is 1. The predicted molar refractivity (Wildman–Crippen MR) is 125 cm³/mol. The van der Waals surface area contributed by atoms with Gasteiger partial charge in [-0.15, -0.1) is 0 Å². The van der Waals surface area contributed by atoms with Gasteiger partial charge < -0.3 is 14.6 Å². The van der Waals surface area contributed by atoms with Crippen LogP contribution in [0.15, 0.2) is 42.5 Å². The Kier molecular flexibility index (Phi) is 6.28. The number of anilines is 1.